The van der Waals surface area contributed by atoms with Crippen molar-refractivity contribution in [2.45, 2.75) is 20.4 Å². The number of rotatable bonds is 4. The zero-order valence-corrected chi connectivity index (χ0v) is 18.3. The Bertz CT molecular complexity index is 1390. The summed E-state index contributed by atoms with van der Waals surface area (Å²) in [6.45, 7) is 4.54. The molecule has 2 aromatic carbocycles. The molecule has 30 heavy (non-hydrogen) atoms. The number of hydrogen-bond acceptors (Lipinski definition) is 5. The third kappa shape index (κ3) is 3.49. The van der Waals surface area contributed by atoms with Crippen molar-refractivity contribution in [1.82, 2.24) is 14.5 Å². The van der Waals surface area contributed by atoms with Gasteiger partial charge < -0.3 is 0 Å². The zero-order chi connectivity index (χ0) is 20.7. The van der Waals surface area contributed by atoms with Crippen molar-refractivity contribution in [1.29, 1.82) is 0 Å². The Morgan fingerprint density at radius 3 is 2.23 bits per heavy atom. The van der Waals surface area contributed by atoms with Crippen LogP contribution in [-0.2, 0) is 6.54 Å². The third-order valence-electron chi connectivity index (χ3n) is 5.11. The summed E-state index contributed by atoms with van der Waals surface area (Å²) in [7, 11) is 0. The van der Waals surface area contributed by atoms with Gasteiger partial charge in [0.25, 0.3) is 5.56 Å². The second-order valence-corrected chi connectivity index (χ2v) is 9.10. The molecule has 0 bridgehead atoms. The van der Waals surface area contributed by atoms with Crippen molar-refractivity contribution in [2.75, 3.05) is 0 Å². The van der Waals surface area contributed by atoms with Gasteiger partial charge in [0.15, 0.2) is 0 Å². The third-order valence-corrected chi connectivity index (χ3v) is 6.93. The maximum Gasteiger partial charge on any atom is 0.263 e. The number of thiazole rings is 1. The van der Waals surface area contributed by atoms with Gasteiger partial charge in [0.1, 0.15) is 9.84 Å². The molecule has 0 unspecified atom stereocenters. The number of hydrogen-bond donors (Lipinski definition) is 0. The van der Waals surface area contributed by atoms with E-state index >= 15 is 0 Å². The SMILES string of the molecule is Cc1ccc(-c2nc(Cn3cnc4scc(-c5ccc(C)cc5)c4c3=O)cs2)cc1. The summed E-state index contributed by atoms with van der Waals surface area (Å²) in [4.78, 5) is 23.3. The van der Waals surface area contributed by atoms with E-state index in [0.29, 0.717) is 11.9 Å². The van der Waals surface area contributed by atoms with Crippen LogP contribution >= 0.6 is 22.7 Å². The second kappa shape index (κ2) is 7.63. The van der Waals surface area contributed by atoms with Crippen molar-refractivity contribution in [2.24, 2.45) is 0 Å². The first-order valence-electron chi connectivity index (χ1n) is 9.63. The molecule has 0 saturated heterocycles. The molecule has 0 N–H and O–H groups in total. The standard InChI is InChI=1S/C24H19N3OS2/c1-15-3-7-17(8-4-15)20-13-30-23-21(20)24(28)27(14-25-23)11-19-12-29-22(26-19)18-9-5-16(2)6-10-18/h3-10,12-14H,11H2,1-2H3. The van der Waals surface area contributed by atoms with Crippen LogP contribution in [0, 0.1) is 13.8 Å². The first-order valence-corrected chi connectivity index (χ1v) is 11.4. The van der Waals surface area contributed by atoms with Crippen molar-refractivity contribution >= 4 is 32.9 Å². The van der Waals surface area contributed by atoms with E-state index in [9.17, 15) is 4.79 Å². The molecule has 3 aromatic heterocycles. The van der Waals surface area contributed by atoms with E-state index in [1.165, 1.54) is 22.5 Å². The summed E-state index contributed by atoms with van der Waals surface area (Å²) >= 11 is 3.10. The fourth-order valence-electron chi connectivity index (χ4n) is 3.41. The fourth-order valence-corrected chi connectivity index (χ4v) is 5.13. The van der Waals surface area contributed by atoms with E-state index < -0.39 is 0 Å². The lowest BCUT2D eigenvalue weighted by Gasteiger charge is -2.05. The number of aryl methyl sites for hydroxylation is 2. The minimum absolute atomic E-state index is 0.0262. The van der Waals surface area contributed by atoms with Crippen molar-refractivity contribution in [3.63, 3.8) is 0 Å². The molecule has 0 aliphatic carbocycles. The first-order chi connectivity index (χ1) is 14.6. The summed E-state index contributed by atoms with van der Waals surface area (Å²) in [6.07, 6.45) is 1.63. The molecular weight excluding hydrogens is 410 g/mol. The first kappa shape index (κ1) is 18.9. The van der Waals surface area contributed by atoms with Crippen LogP contribution in [0.2, 0.25) is 0 Å². The van der Waals surface area contributed by atoms with Gasteiger partial charge in [-0.25, -0.2) is 9.97 Å². The van der Waals surface area contributed by atoms with Crippen LogP contribution < -0.4 is 5.56 Å². The van der Waals surface area contributed by atoms with E-state index in [2.05, 4.69) is 67.4 Å². The summed E-state index contributed by atoms with van der Waals surface area (Å²) in [6, 6.07) is 16.6. The lowest BCUT2D eigenvalue weighted by Crippen LogP contribution is -2.21. The van der Waals surface area contributed by atoms with Gasteiger partial charge in [-0.2, -0.15) is 0 Å². The van der Waals surface area contributed by atoms with Gasteiger partial charge in [0.05, 0.1) is 24.0 Å². The quantitative estimate of drug-likeness (QED) is 0.357. The average molecular weight is 430 g/mol. The molecular formula is C24H19N3OS2. The minimum Gasteiger partial charge on any atom is -0.293 e. The van der Waals surface area contributed by atoms with Gasteiger partial charge in [-0.1, -0.05) is 59.7 Å². The molecule has 0 saturated carbocycles. The molecule has 0 atom stereocenters. The summed E-state index contributed by atoms with van der Waals surface area (Å²) in [5.74, 6) is 0. The number of thiophene rings is 1. The Morgan fingerprint density at radius 1 is 0.867 bits per heavy atom. The molecule has 5 rings (SSSR count). The summed E-state index contributed by atoms with van der Waals surface area (Å²) < 4.78 is 1.65. The Morgan fingerprint density at radius 2 is 1.53 bits per heavy atom. The van der Waals surface area contributed by atoms with Crippen molar-refractivity contribution in [3.05, 3.63) is 92.8 Å². The zero-order valence-electron chi connectivity index (χ0n) is 16.6. The van der Waals surface area contributed by atoms with Crippen LogP contribution in [0.3, 0.4) is 0 Å². The highest BCUT2D eigenvalue weighted by Gasteiger charge is 2.14. The van der Waals surface area contributed by atoms with Crippen LogP contribution in [0.4, 0.5) is 0 Å². The van der Waals surface area contributed by atoms with Gasteiger partial charge in [0.2, 0.25) is 0 Å². The van der Waals surface area contributed by atoms with Crippen LogP contribution in [0.1, 0.15) is 16.8 Å². The van der Waals surface area contributed by atoms with Gasteiger partial charge >= 0.3 is 0 Å². The predicted molar refractivity (Wildman–Crippen MR) is 125 cm³/mol. The molecule has 0 aliphatic rings. The number of fused-ring (bicyclic) bond motifs is 1. The average Bonchev–Trinajstić information content (AvgIpc) is 3.39. The molecule has 3 heterocycles. The molecule has 0 fully saturated rings. The molecule has 0 radical (unpaired) electrons. The Kier molecular flexibility index (Phi) is 4.81. The maximum atomic E-state index is 13.3. The molecule has 148 valence electrons. The smallest absolute Gasteiger partial charge is 0.263 e. The Labute approximate surface area is 182 Å². The normalized spacial score (nSPS) is 11.3. The lowest BCUT2D eigenvalue weighted by atomic mass is 10.1. The van der Waals surface area contributed by atoms with E-state index in [1.54, 1.807) is 22.2 Å². The largest absolute Gasteiger partial charge is 0.293 e. The van der Waals surface area contributed by atoms with Crippen LogP contribution in [0.25, 0.3) is 31.9 Å². The van der Waals surface area contributed by atoms with E-state index in [0.717, 1.165) is 32.2 Å². The topological polar surface area (TPSA) is 47.8 Å². The van der Waals surface area contributed by atoms with Gasteiger partial charge in [-0.3, -0.25) is 9.36 Å². The molecule has 6 heteroatoms. The molecule has 4 nitrogen and oxygen atoms in total. The maximum absolute atomic E-state index is 13.3. The van der Waals surface area contributed by atoms with Crippen molar-refractivity contribution in [3.8, 4) is 21.7 Å². The highest BCUT2D eigenvalue weighted by atomic mass is 32.1. The summed E-state index contributed by atoms with van der Waals surface area (Å²) in [5.41, 5.74) is 6.34. The molecule has 0 spiro atoms. The van der Waals surface area contributed by atoms with Gasteiger partial charge in [-0.15, -0.1) is 22.7 Å². The monoisotopic (exact) mass is 429 g/mol. The van der Waals surface area contributed by atoms with Gasteiger partial charge in [-0.05, 0) is 19.4 Å². The lowest BCUT2D eigenvalue weighted by molar-refractivity contribution is 0.735. The fraction of sp³-hybridized carbons (Fsp3) is 0.125. The molecule has 5 aromatic rings. The number of benzene rings is 2. The summed E-state index contributed by atoms with van der Waals surface area (Å²) in [5, 5.41) is 5.68. The Balaban J connectivity index is 1.50. The Hall–Kier alpha value is -3.09. The van der Waals surface area contributed by atoms with E-state index in [1.807, 2.05) is 10.8 Å². The van der Waals surface area contributed by atoms with Crippen LogP contribution in [0.15, 0.2) is 70.4 Å². The second-order valence-electron chi connectivity index (χ2n) is 7.38. The van der Waals surface area contributed by atoms with Crippen LogP contribution in [-0.4, -0.2) is 14.5 Å². The number of aromatic nitrogens is 3. The molecule has 0 aliphatic heterocycles. The molecule has 0 amide bonds. The minimum atomic E-state index is -0.0262. The highest BCUT2D eigenvalue weighted by Crippen LogP contribution is 2.31. The van der Waals surface area contributed by atoms with Crippen molar-refractivity contribution < 1.29 is 0 Å². The van der Waals surface area contributed by atoms with E-state index in [4.69, 9.17) is 4.98 Å². The van der Waals surface area contributed by atoms with Crippen LogP contribution in [0.5, 0.6) is 0 Å². The van der Waals surface area contributed by atoms with E-state index in [-0.39, 0.29) is 5.56 Å². The predicted octanol–water partition coefficient (Wildman–Crippen LogP) is 5.91. The highest BCUT2D eigenvalue weighted by molar-refractivity contribution is 7.17. The van der Waals surface area contributed by atoms with Gasteiger partial charge in [0, 0.05) is 21.9 Å². The number of nitrogens with zero attached hydrogens (tertiary/aromatic N) is 3.